The van der Waals surface area contributed by atoms with Crippen LogP contribution in [0.5, 0.6) is 5.75 Å². The summed E-state index contributed by atoms with van der Waals surface area (Å²) < 4.78 is 32.9. The lowest BCUT2D eigenvalue weighted by molar-refractivity contribution is 0.356. The van der Waals surface area contributed by atoms with Crippen LogP contribution in [0.4, 0.5) is 5.69 Å². The Morgan fingerprint density at radius 2 is 1.96 bits per heavy atom. The van der Waals surface area contributed by atoms with Gasteiger partial charge in [0, 0.05) is 18.4 Å². The van der Waals surface area contributed by atoms with Gasteiger partial charge >= 0.3 is 0 Å². The van der Waals surface area contributed by atoms with Gasteiger partial charge in [-0.05, 0) is 24.5 Å². The van der Waals surface area contributed by atoms with E-state index in [0.29, 0.717) is 24.0 Å². The van der Waals surface area contributed by atoms with Crippen molar-refractivity contribution in [3.05, 3.63) is 42.0 Å². The molecule has 2 heterocycles. The number of nitrogens with one attached hydrogen (secondary N) is 1. The summed E-state index contributed by atoms with van der Waals surface area (Å²) in [5.74, 6) is 1.86. The van der Waals surface area contributed by atoms with Gasteiger partial charge in [-0.25, -0.2) is 18.4 Å². The van der Waals surface area contributed by atoms with Crippen LogP contribution in [-0.2, 0) is 16.4 Å². The highest BCUT2D eigenvalue weighted by Crippen LogP contribution is 2.34. The number of aromatic nitrogens is 2. The van der Waals surface area contributed by atoms with Crippen LogP contribution in [0.1, 0.15) is 36.6 Å². The molecule has 0 radical (unpaired) electrons. The van der Waals surface area contributed by atoms with E-state index >= 15 is 0 Å². The minimum Gasteiger partial charge on any atom is -0.493 e. The van der Waals surface area contributed by atoms with E-state index in [9.17, 15) is 8.42 Å². The molecule has 1 N–H and O–H groups in total. The zero-order valence-corrected chi connectivity index (χ0v) is 13.3. The predicted molar refractivity (Wildman–Crippen MR) is 85.1 cm³/mol. The molecule has 7 heteroatoms. The molecule has 120 valence electrons. The van der Waals surface area contributed by atoms with Crippen LogP contribution in [-0.4, -0.2) is 25.0 Å². The van der Waals surface area contributed by atoms with Gasteiger partial charge in [0.1, 0.15) is 11.6 Å². The fourth-order valence-electron chi connectivity index (χ4n) is 2.80. The summed E-state index contributed by atoms with van der Waals surface area (Å²) in [6.45, 7) is 0.600. The molecule has 1 aliphatic carbocycles. The van der Waals surface area contributed by atoms with Gasteiger partial charge < -0.3 is 4.74 Å². The molecule has 4 rings (SSSR count). The van der Waals surface area contributed by atoms with Gasteiger partial charge in [0.05, 0.1) is 29.6 Å². The highest BCUT2D eigenvalue weighted by Gasteiger charge is 2.23. The Morgan fingerprint density at radius 1 is 1.17 bits per heavy atom. The van der Waals surface area contributed by atoms with Crippen molar-refractivity contribution in [1.29, 1.82) is 0 Å². The number of sulfonamides is 1. The molecule has 2 aliphatic rings. The predicted octanol–water partition coefficient (Wildman–Crippen LogP) is 2.48. The van der Waals surface area contributed by atoms with E-state index < -0.39 is 10.0 Å². The molecule has 1 fully saturated rings. The minimum atomic E-state index is -3.67. The van der Waals surface area contributed by atoms with Crippen molar-refractivity contribution in [1.82, 2.24) is 9.97 Å². The Kier molecular flexibility index (Phi) is 3.45. The van der Waals surface area contributed by atoms with Gasteiger partial charge in [-0.15, -0.1) is 0 Å². The smallest absolute Gasteiger partial charge is 0.262 e. The van der Waals surface area contributed by atoms with Crippen LogP contribution >= 0.6 is 0 Å². The first-order valence-electron chi connectivity index (χ1n) is 7.72. The zero-order chi connectivity index (χ0) is 15.9. The summed E-state index contributed by atoms with van der Waals surface area (Å²) in [6, 6.07) is 4.96. The molecule has 0 spiro atoms. The number of nitrogens with zero attached hydrogens (tertiary/aromatic N) is 2. The number of fused-ring (bicyclic) bond motifs is 1. The molecule has 0 amide bonds. The Balaban J connectivity index is 1.54. The standard InChI is InChI=1S/C16H17N3O3S/c20-23(21,14-5-4-11-6-7-22-15(11)8-14)19-13-9-17-16(18-10-13)12-2-1-3-12/h4-5,8-10,12,19H,1-3,6-7H2. The van der Waals surface area contributed by atoms with E-state index in [0.717, 1.165) is 30.7 Å². The third kappa shape index (κ3) is 2.76. The van der Waals surface area contributed by atoms with E-state index in [-0.39, 0.29) is 4.90 Å². The fraction of sp³-hybridized carbons (Fsp3) is 0.375. The van der Waals surface area contributed by atoms with Gasteiger partial charge in [-0.3, -0.25) is 4.72 Å². The largest absolute Gasteiger partial charge is 0.493 e. The fourth-order valence-corrected chi connectivity index (χ4v) is 3.84. The van der Waals surface area contributed by atoms with Crippen molar-refractivity contribution >= 4 is 15.7 Å². The summed E-state index contributed by atoms with van der Waals surface area (Å²) in [5, 5.41) is 0. The van der Waals surface area contributed by atoms with E-state index in [1.54, 1.807) is 18.2 Å². The first kappa shape index (κ1) is 14.4. The molecule has 6 nitrogen and oxygen atoms in total. The molecule has 1 aromatic heterocycles. The number of benzene rings is 1. The monoisotopic (exact) mass is 331 g/mol. The highest BCUT2D eigenvalue weighted by molar-refractivity contribution is 7.92. The van der Waals surface area contributed by atoms with E-state index in [1.807, 2.05) is 0 Å². The molecule has 1 aliphatic heterocycles. The molecule has 1 aromatic carbocycles. The SMILES string of the molecule is O=S(=O)(Nc1cnc(C2CCC2)nc1)c1ccc2c(c1)OCC2. The second-order valence-corrected chi connectivity index (χ2v) is 7.61. The lowest BCUT2D eigenvalue weighted by Crippen LogP contribution is -2.15. The van der Waals surface area contributed by atoms with Crippen LogP contribution in [0.25, 0.3) is 0 Å². The maximum absolute atomic E-state index is 12.5. The first-order valence-corrected chi connectivity index (χ1v) is 9.21. The van der Waals surface area contributed by atoms with Crippen molar-refractivity contribution in [2.24, 2.45) is 0 Å². The van der Waals surface area contributed by atoms with Gasteiger partial charge in [-0.1, -0.05) is 12.5 Å². The normalized spacial score (nSPS) is 17.2. The van der Waals surface area contributed by atoms with Crippen LogP contribution < -0.4 is 9.46 Å². The lowest BCUT2D eigenvalue weighted by atomic mass is 9.85. The summed E-state index contributed by atoms with van der Waals surface area (Å²) in [6.07, 6.45) is 7.31. The average molecular weight is 331 g/mol. The second kappa shape index (κ2) is 5.49. The number of anilines is 1. The van der Waals surface area contributed by atoms with Gasteiger partial charge in [0.25, 0.3) is 10.0 Å². The van der Waals surface area contributed by atoms with Crippen molar-refractivity contribution in [2.45, 2.75) is 36.5 Å². The topological polar surface area (TPSA) is 81.2 Å². The molecule has 0 unspecified atom stereocenters. The second-order valence-electron chi connectivity index (χ2n) is 5.93. The molecule has 0 atom stereocenters. The Morgan fingerprint density at radius 3 is 2.65 bits per heavy atom. The van der Waals surface area contributed by atoms with Crippen LogP contribution in [0.3, 0.4) is 0 Å². The summed E-state index contributed by atoms with van der Waals surface area (Å²) >= 11 is 0. The van der Waals surface area contributed by atoms with Gasteiger partial charge in [0.15, 0.2) is 0 Å². The van der Waals surface area contributed by atoms with Gasteiger partial charge in [-0.2, -0.15) is 0 Å². The summed E-state index contributed by atoms with van der Waals surface area (Å²) in [5.41, 5.74) is 1.41. The van der Waals surface area contributed by atoms with Crippen molar-refractivity contribution in [3.8, 4) is 5.75 Å². The third-order valence-corrected chi connectivity index (χ3v) is 5.75. The van der Waals surface area contributed by atoms with E-state index in [1.165, 1.54) is 18.8 Å². The van der Waals surface area contributed by atoms with E-state index in [2.05, 4.69) is 14.7 Å². The molecule has 0 saturated heterocycles. The number of ether oxygens (including phenoxy) is 1. The van der Waals surface area contributed by atoms with E-state index in [4.69, 9.17) is 4.74 Å². The summed E-state index contributed by atoms with van der Waals surface area (Å²) in [7, 11) is -3.67. The summed E-state index contributed by atoms with van der Waals surface area (Å²) in [4.78, 5) is 8.73. The lowest BCUT2D eigenvalue weighted by Gasteiger charge is -2.23. The minimum absolute atomic E-state index is 0.182. The van der Waals surface area contributed by atoms with Crippen LogP contribution in [0.2, 0.25) is 0 Å². The first-order chi connectivity index (χ1) is 11.1. The van der Waals surface area contributed by atoms with Crippen molar-refractivity contribution in [2.75, 3.05) is 11.3 Å². The zero-order valence-electron chi connectivity index (χ0n) is 12.5. The van der Waals surface area contributed by atoms with Gasteiger partial charge in [0.2, 0.25) is 0 Å². The number of rotatable bonds is 4. The highest BCUT2D eigenvalue weighted by atomic mass is 32.2. The third-order valence-electron chi connectivity index (χ3n) is 4.37. The Labute approximate surface area is 135 Å². The number of hydrogen-bond acceptors (Lipinski definition) is 5. The maximum Gasteiger partial charge on any atom is 0.262 e. The molecular weight excluding hydrogens is 314 g/mol. The molecule has 0 bridgehead atoms. The van der Waals surface area contributed by atoms with Crippen LogP contribution in [0.15, 0.2) is 35.5 Å². The molecular formula is C16H17N3O3S. The van der Waals surface area contributed by atoms with Crippen LogP contribution in [0, 0.1) is 0 Å². The Bertz CT molecular complexity index is 830. The molecule has 1 saturated carbocycles. The van der Waals surface area contributed by atoms with Crippen molar-refractivity contribution in [3.63, 3.8) is 0 Å². The average Bonchev–Trinajstić information content (AvgIpc) is 2.94. The Hall–Kier alpha value is -2.15. The van der Waals surface area contributed by atoms with Crippen molar-refractivity contribution < 1.29 is 13.2 Å². The number of hydrogen-bond donors (Lipinski definition) is 1. The molecule has 23 heavy (non-hydrogen) atoms. The molecule has 2 aromatic rings. The maximum atomic E-state index is 12.5. The quantitative estimate of drug-likeness (QED) is 0.931.